The molecule has 1 N–H and O–H groups in total. The van der Waals surface area contributed by atoms with Crippen LogP contribution >= 0.6 is 23.1 Å². The summed E-state index contributed by atoms with van der Waals surface area (Å²) < 4.78 is 0. The van der Waals surface area contributed by atoms with Crippen LogP contribution in [0.2, 0.25) is 0 Å². The Bertz CT molecular complexity index is 514. The van der Waals surface area contributed by atoms with Gasteiger partial charge in [0, 0.05) is 10.6 Å². The molecule has 4 heteroatoms. The van der Waals surface area contributed by atoms with Crippen molar-refractivity contribution in [1.82, 2.24) is 0 Å². The molecule has 17 heavy (non-hydrogen) atoms. The fourth-order valence-corrected chi connectivity index (χ4v) is 3.18. The molecular formula is C13H12O2S2. The van der Waals surface area contributed by atoms with Crippen molar-refractivity contribution in [1.29, 1.82) is 0 Å². The lowest BCUT2D eigenvalue weighted by atomic mass is 10.2. The highest BCUT2D eigenvalue weighted by molar-refractivity contribution is 7.98. The zero-order valence-electron chi connectivity index (χ0n) is 9.34. The fraction of sp³-hybridized carbons (Fsp3) is 0.154. The Morgan fingerprint density at radius 3 is 2.65 bits per heavy atom. The van der Waals surface area contributed by atoms with E-state index in [2.05, 4.69) is 31.2 Å². The number of carbonyl (C=O) groups is 1. The third kappa shape index (κ3) is 3.11. The van der Waals surface area contributed by atoms with Crippen LogP contribution in [0.15, 0.2) is 40.6 Å². The van der Waals surface area contributed by atoms with Gasteiger partial charge in [-0.2, -0.15) is 0 Å². The van der Waals surface area contributed by atoms with E-state index in [0.29, 0.717) is 10.6 Å². The minimum atomic E-state index is -0.834. The quantitative estimate of drug-likeness (QED) is 0.847. The average molecular weight is 264 g/mol. The molecule has 2 nitrogen and oxygen atoms in total. The van der Waals surface area contributed by atoms with Crippen LogP contribution in [-0.2, 0) is 5.75 Å². The predicted octanol–water partition coefficient (Wildman–Crippen LogP) is 4.05. The van der Waals surface area contributed by atoms with Crippen molar-refractivity contribution in [3.63, 3.8) is 0 Å². The van der Waals surface area contributed by atoms with E-state index in [9.17, 15) is 4.79 Å². The van der Waals surface area contributed by atoms with Crippen molar-refractivity contribution < 1.29 is 9.90 Å². The summed E-state index contributed by atoms with van der Waals surface area (Å²) in [5.41, 5.74) is 2.13. The maximum Gasteiger partial charge on any atom is 0.346 e. The molecule has 1 heterocycles. The molecule has 0 radical (unpaired) electrons. The van der Waals surface area contributed by atoms with E-state index in [1.165, 1.54) is 16.9 Å². The Labute approximate surface area is 108 Å². The summed E-state index contributed by atoms with van der Waals surface area (Å²) in [6.07, 6.45) is 0. The summed E-state index contributed by atoms with van der Waals surface area (Å²) in [6, 6.07) is 10.1. The van der Waals surface area contributed by atoms with E-state index >= 15 is 0 Å². The second-order valence-electron chi connectivity index (χ2n) is 3.68. The maximum atomic E-state index is 10.9. The predicted molar refractivity (Wildman–Crippen MR) is 72.0 cm³/mol. The lowest BCUT2D eigenvalue weighted by Gasteiger charge is -2.02. The van der Waals surface area contributed by atoms with Crippen LogP contribution in [0, 0.1) is 6.92 Å². The van der Waals surface area contributed by atoms with Gasteiger partial charge >= 0.3 is 5.97 Å². The van der Waals surface area contributed by atoms with E-state index < -0.39 is 5.97 Å². The van der Waals surface area contributed by atoms with Crippen molar-refractivity contribution in [2.24, 2.45) is 0 Å². The van der Waals surface area contributed by atoms with Crippen LogP contribution in [0.5, 0.6) is 0 Å². The van der Waals surface area contributed by atoms with Gasteiger partial charge in [0.1, 0.15) is 4.88 Å². The van der Waals surface area contributed by atoms with Gasteiger partial charge in [0.2, 0.25) is 0 Å². The van der Waals surface area contributed by atoms with Crippen LogP contribution in [-0.4, -0.2) is 11.1 Å². The molecule has 0 fully saturated rings. The van der Waals surface area contributed by atoms with Gasteiger partial charge in [0.15, 0.2) is 0 Å². The lowest BCUT2D eigenvalue weighted by molar-refractivity contribution is 0.0701. The van der Waals surface area contributed by atoms with Gasteiger partial charge in [-0.05, 0) is 36.1 Å². The summed E-state index contributed by atoms with van der Waals surface area (Å²) in [5, 5.41) is 10.8. The Kier molecular flexibility index (Phi) is 3.86. The topological polar surface area (TPSA) is 37.3 Å². The zero-order chi connectivity index (χ0) is 12.3. The number of rotatable bonds is 4. The molecule has 88 valence electrons. The zero-order valence-corrected chi connectivity index (χ0v) is 11.0. The Balaban J connectivity index is 2.05. The van der Waals surface area contributed by atoms with Crippen molar-refractivity contribution in [3.8, 4) is 0 Å². The van der Waals surface area contributed by atoms with Gasteiger partial charge in [0.25, 0.3) is 0 Å². The number of carboxylic acids is 1. The molecule has 1 aromatic carbocycles. The first kappa shape index (κ1) is 12.2. The second kappa shape index (κ2) is 5.38. The van der Waals surface area contributed by atoms with Crippen LogP contribution in [0.4, 0.5) is 0 Å². The monoisotopic (exact) mass is 264 g/mol. The summed E-state index contributed by atoms with van der Waals surface area (Å²) >= 11 is 2.94. The summed E-state index contributed by atoms with van der Waals surface area (Å²) in [5.74, 6) is -0.131. The molecule has 1 aromatic heterocycles. The fourth-order valence-electron chi connectivity index (χ4n) is 1.43. The molecule has 0 amide bonds. The molecule has 0 aliphatic heterocycles. The van der Waals surface area contributed by atoms with E-state index in [-0.39, 0.29) is 0 Å². The largest absolute Gasteiger partial charge is 0.477 e. The molecule has 0 spiro atoms. The molecule has 0 aliphatic carbocycles. The summed E-state index contributed by atoms with van der Waals surface area (Å²) in [7, 11) is 0. The SMILES string of the molecule is Cc1ccc(SCc2ccsc2C(=O)O)cc1. The highest BCUT2D eigenvalue weighted by atomic mass is 32.2. The number of aryl methyl sites for hydroxylation is 1. The number of thiophene rings is 1. The van der Waals surface area contributed by atoms with Crippen LogP contribution in [0.3, 0.4) is 0 Å². The smallest absolute Gasteiger partial charge is 0.346 e. The molecule has 2 aromatic rings. The number of benzene rings is 1. The third-order valence-electron chi connectivity index (χ3n) is 2.36. The molecule has 0 atom stereocenters. The molecule has 0 saturated carbocycles. The highest BCUT2D eigenvalue weighted by Crippen LogP contribution is 2.27. The van der Waals surface area contributed by atoms with E-state index in [1.807, 2.05) is 11.4 Å². The van der Waals surface area contributed by atoms with E-state index in [1.54, 1.807) is 11.8 Å². The normalized spacial score (nSPS) is 10.4. The molecular weight excluding hydrogens is 252 g/mol. The van der Waals surface area contributed by atoms with Gasteiger partial charge in [-0.1, -0.05) is 17.7 Å². The lowest BCUT2D eigenvalue weighted by Crippen LogP contribution is -1.96. The maximum absolute atomic E-state index is 10.9. The Morgan fingerprint density at radius 1 is 1.29 bits per heavy atom. The first-order valence-corrected chi connectivity index (χ1v) is 7.02. The summed E-state index contributed by atoms with van der Waals surface area (Å²) in [6.45, 7) is 2.05. The molecule has 0 aliphatic rings. The Hall–Kier alpha value is -1.26. The van der Waals surface area contributed by atoms with Crippen molar-refractivity contribution in [2.45, 2.75) is 17.6 Å². The standard InChI is InChI=1S/C13H12O2S2/c1-9-2-4-11(5-3-9)17-8-10-6-7-16-12(10)13(14)15/h2-7H,8H2,1H3,(H,14,15). The molecule has 0 saturated heterocycles. The average Bonchev–Trinajstić information content (AvgIpc) is 2.76. The van der Waals surface area contributed by atoms with Gasteiger partial charge in [0.05, 0.1) is 0 Å². The summed E-state index contributed by atoms with van der Waals surface area (Å²) in [4.78, 5) is 12.6. The number of hydrogen-bond acceptors (Lipinski definition) is 3. The van der Waals surface area contributed by atoms with Gasteiger partial charge in [-0.3, -0.25) is 0 Å². The number of thioether (sulfide) groups is 1. The minimum Gasteiger partial charge on any atom is -0.477 e. The molecule has 0 unspecified atom stereocenters. The van der Waals surface area contributed by atoms with Gasteiger partial charge in [-0.25, -0.2) is 4.79 Å². The Morgan fingerprint density at radius 2 is 2.00 bits per heavy atom. The molecule has 0 bridgehead atoms. The van der Waals surface area contributed by atoms with E-state index in [0.717, 1.165) is 10.5 Å². The minimum absolute atomic E-state index is 0.449. The molecule has 2 rings (SSSR count). The van der Waals surface area contributed by atoms with E-state index in [4.69, 9.17) is 5.11 Å². The number of hydrogen-bond donors (Lipinski definition) is 1. The van der Waals surface area contributed by atoms with Crippen molar-refractivity contribution in [3.05, 3.63) is 51.7 Å². The van der Waals surface area contributed by atoms with Crippen LogP contribution in [0.1, 0.15) is 20.8 Å². The van der Waals surface area contributed by atoms with Gasteiger partial charge < -0.3 is 5.11 Å². The third-order valence-corrected chi connectivity index (χ3v) is 4.36. The van der Waals surface area contributed by atoms with Gasteiger partial charge in [-0.15, -0.1) is 23.1 Å². The number of aromatic carboxylic acids is 1. The second-order valence-corrected chi connectivity index (χ2v) is 5.65. The first-order valence-electron chi connectivity index (χ1n) is 5.16. The van der Waals surface area contributed by atoms with Crippen molar-refractivity contribution >= 4 is 29.1 Å². The first-order chi connectivity index (χ1) is 8.16. The van der Waals surface area contributed by atoms with Crippen LogP contribution in [0.25, 0.3) is 0 Å². The van der Waals surface area contributed by atoms with Crippen molar-refractivity contribution in [2.75, 3.05) is 0 Å². The highest BCUT2D eigenvalue weighted by Gasteiger charge is 2.11. The van der Waals surface area contributed by atoms with Crippen LogP contribution < -0.4 is 0 Å². The number of carboxylic acid groups (broad SMARTS) is 1.